The lowest BCUT2D eigenvalue weighted by molar-refractivity contribution is -0.114. The minimum atomic E-state index is -4.20. The molecule has 0 radical (unpaired) electrons. The monoisotopic (exact) mass is 547 g/mol. The smallest absolute Gasteiger partial charge is 0.307 e. The molecular weight excluding hydrogens is 526 g/mol. The predicted molar refractivity (Wildman–Crippen MR) is 141 cm³/mol. The first-order valence-corrected chi connectivity index (χ1v) is 13.2. The topological polar surface area (TPSA) is 107 Å². The number of nitrogens with one attached hydrogen (secondary N) is 1. The molecule has 1 amide bonds. The molecule has 12 heteroatoms. The molecule has 36 heavy (non-hydrogen) atoms. The number of hydrogen-bond donors (Lipinski definition) is 1. The van der Waals surface area contributed by atoms with E-state index in [1.807, 2.05) is 0 Å². The van der Waals surface area contributed by atoms with Crippen LogP contribution < -0.4 is 24.0 Å². The highest BCUT2D eigenvalue weighted by molar-refractivity contribution is 7.92. The van der Waals surface area contributed by atoms with Gasteiger partial charge in [-0.25, -0.2) is 8.42 Å². The number of amides is 1. The zero-order chi connectivity index (χ0) is 26.0. The maximum atomic E-state index is 13.7. The van der Waals surface area contributed by atoms with Crippen molar-refractivity contribution < 1.29 is 22.7 Å². The van der Waals surface area contributed by atoms with Crippen LogP contribution in [0.25, 0.3) is 10.2 Å². The van der Waals surface area contributed by atoms with Gasteiger partial charge in [-0.2, -0.15) is 0 Å². The summed E-state index contributed by atoms with van der Waals surface area (Å²) in [6.45, 7) is -0.513. The van der Waals surface area contributed by atoms with Gasteiger partial charge in [0, 0.05) is 23.8 Å². The lowest BCUT2D eigenvalue weighted by Crippen LogP contribution is -2.38. The number of ether oxygens (including phenoxy) is 2. The average molecular weight is 548 g/mol. The first-order valence-electron chi connectivity index (χ1n) is 10.5. The van der Waals surface area contributed by atoms with Crippen molar-refractivity contribution in [2.24, 2.45) is 7.05 Å². The molecule has 0 saturated carbocycles. The van der Waals surface area contributed by atoms with Crippen molar-refractivity contribution in [3.8, 4) is 11.5 Å². The lowest BCUT2D eigenvalue weighted by atomic mass is 10.3. The number of sulfonamides is 1. The van der Waals surface area contributed by atoms with Crippen molar-refractivity contribution >= 4 is 60.5 Å². The van der Waals surface area contributed by atoms with Crippen LogP contribution in [-0.4, -0.2) is 39.7 Å². The highest BCUT2D eigenvalue weighted by Gasteiger charge is 2.28. The van der Waals surface area contributed by atoms with E-state index in [0.29, 0.717) is 21.2 Å². The van der Waals surface area contributed by atoms with Gasteiger partial charge in [0.15, 0.2) is 11.5 Å². The summed E-state index contributed by atoms with van der Waals surface area (Å²) in [5.41, 5.74) is 1.43. The van der Waals surface area contributed by atoms with Crippen LogP contribution in [0.4, 0.5) is 11.4 Å². The van der Waals surface area contributed by atoms with E-state index in [1.54, 1.807) is 25.2 Å². The summed E-state index contributed by atoms with van der Waals surface area (Å²) >= 11 is 7.05. The number of fused-ring (bicyclic) bond motifs is 1. The number of hydrogen-bond acceptors (Lipinski definition) is 7. The molecule has 1 heterocycles. The number of benzene rings is 3. The Morgan fingerprint density at radius 3 is 2.39 bits per heavy atom. The molecule has 0 bridgehead atoms. The molecule has 0 aliphatic rings. The molecule has 0 aliphatic carbocycles. The van der Waals surface area contributed by atoms with E-state index in [4.69, 9.17) is 21.1 Å². The average Bonchev–Trinajstić information content (AvgIpc) is 3.15. The maximum absolute atomic E-state index is 13.7. The van der Waals surface area contributed by atoms with Gasteiger partial charge in [0.05, 0.1) is 35.0 Å². The number of halogens is 1. The van der Waals surface area contributed by atoms with E-state index >= 15 is 0 Å². The third kappa shape index (κ3) is 5.03. The number of aryl methyl sites for hydroxylation is 1. The highest BCUT2D eigenvalue weighted by Crippen LogP contribution is 2.32. The standard InChI is InChI=1S/C24H22ClN3O6S2/c1-27-19-10-6-16(12-22(19)35-24(27)30)26-23(29)14-28(17-7-4-15(25)5-8-17)36(31,32)18-9-11-20(33-2)21(13-18)34-3/h4-13H,14H2,1-3H3,(H,26,29). The lowest BCUT2D eigenvalue weighted by Gasteiger charge is -2.24. The first kappa shape index (κ1) is 25.5. The second kappa shape index (κ2) is 10.2. The molecule has 3 aromatic carbocycles. The minimum Gasteiger partial charge on any atom is -0.493 e. The van der Waals surface area contributed by atoms with Crippen LogP contribution in [0.5, 0.6) is 11.5 Å². The van der Waals surface area contributed by atoms with Crippen molar-refractivity contribution in [1.82, 2.24) is 4.57 Å². The molecule has 0 unspecified atom stereocenters. The summed E-state index contributed by atoms with van der Waals surface area (Å²) < 4.78 is 41.0. The summed E-state index contributed by atoms with van der Waals surface area (Å²) in [7, 11) is 0.319. The van der Waals surface area contributed by atoms with Crippen LogP contribution in [0.1, 0.15) is 0 Å². The Morgan fingerprint density at radius 2 is 1.72 bits per heavy atom. The van der Waals surface area contributed by atoms with Crippen LogP contribution in [0, 0.1) is 0 Å². The maximum Gasteiger partial charge on any atom is 0.307 e. The number of aromatic nitrogens is 1. The Balaban J connectivity index is 1.67. The Bertz CT molecular complexity index is 1600. The normalized spacial score (nSPS) is 11.3. The molecule has 188 valence electrons. The van der Waals surface area contributed by atoms with Gasteiger partial charge in [-0.1, -0.05) is 22.9 Å². The number of nitrogens with zero attached hydrogens (tertiary/aromatic N) is 2. The van der Waals surface area contributed by atoms with Gasteiger partial charge in [0.1, 0.15) is 6.54 Å². The van der Waals surface area contributed by atoms with Crippen molar-refractivity contribution in [1.29, 1.82) is 0 Å². The Morgan fingerprint density at radius 1 is 1.03 bits per heavy atom. The third-order valence-electron chi connectivity index (χ3n) is 5.42. The van der Waals surface area contributed by atoms with E-state index in [0.717, 1.165) is 21.2 Å². The molecule has 0 saturated heterocycles. The number of methoxy groups -OCH3 is 2. The number of carbonyl (C=O) groups is 1. The van der Waals surface area contributed by atoms with Crippen molar-refractivity contribution in [3.05, 3.63) is 75.4 Å². The Hall–Kier alpha value is -3.54. The number of carbonyl (C=O) groups excluding carboxylic acids is 1. The Labute approximate surface area is 216 Å². The fourth-order valence-electron chi connectivity index (χ4n) is 3.57. The molecule has 0 fully saturated rings. The van der Waals surface area contributed by atoms with Gasteiger partial charge in [-0.05, 0) is 54.6 Å². The number of rotatable bonds is 8. The van der Waals surface area contributed by atoms with Crippen LogP contribution >= 0.6 is 22.9 Å². The van der Waals surface area contributed by atoms with Crippen LogP contribution in [0.15, 0.2) is 70.4 Å². The quantitative estimate of drug-likeness (QED) is 0.356. The zero-order valence-electron chi connectivity index (χ0n) is 19.5. The van der Waals surface area contributed by atoms with Gasteiger partial charge in [-0.15, -0.1) is 0 Å². The van der Waals surface area contributed by atoms with E-state index in [1.165, 1.54) is 61.3 Å². The summed E-state index contributed by atoms with van der Waals surface area (Å²) in [5, 5.41) is 3.14. The highest BCUT2D eigenvalue weighted by atomic mass is 35.5. The molecule has 0 spiro atoms. The molecular formula is C24H22ClN3O6S2. The Kier molecular flexibility index (Phi) is 7.25. The van der Waals surface area contributed by atoms with Crippen molar-refractivity contribution in [3.63, 3.8) is 0 Å². The number of anilines is 2. The summed E-state index contributed by atoms with van der Waals surface area (Å²) in [4.78, 5) is 24.7. The summed E-state index contributed by atoms with van der Waals surface area (Å²) in [6.07, 6.45) is 0. The van der Waals surface area contributed by atoms with Gasteiger partial charge in [0.2, 0.25) is 5.91 Å². The molecule has 9 nitrogen and oxygen atoms in total. The van der Waals surface area contributed by atoms with E-state index in [9.17, 15) is 18.0 Å². The SMILES string of the molecule is COc1ccc(S(=O)(=O)N(CC(=O)Nc2ccc3c(c2)sc(=O)n3C)c2ccc(Cl)cc2)cc1OC. The van der Waals surface area contributed by atoms with E-state index < -0.39 is 22.5 Å². The minimum absolute atomic E-state index is 0.0848. The van der Waals surface area contributed by atoms with Crippen LogP contribution in [0.3, 0.4) is 0 Å². The first-order chi connectivity index (χ1) is 17.1. The van der Waals surface area contributed by atoms with Gasteiger partial charge in [-0.3, -0.25) is 13.9 Å². The van der Waals surface area contributed by atoms with Crippen molar-refractivity contribution in [2.75, 3.05) is 30.4 Å². The fraction of sp³-hybridized carbons (Fsp3) is 0.167. The largest absolute Gasteiger partial charge is 0.493 e. The predicted octanol–water partition coefficient (Wildman–Crippen LogP) is 4.10. The second-order valence-corrected chi connectivity index (χ2v) is 11.0. The molecule has 1 aromatic heterocycles. The molecule has 0 aliphatic heterocycles. The van der Waals surface area contributed by atoms with Gasteiger partial charge < -0.3 is 19.4 Å². The van der Waals surface area contributed by atoms with Crippen molar-refractivity contribution in [2.45, 2.75) is 4.90 Å². The summed E-state index contributed by atoms with van der Waals surface area (Å²) in [6, 6.07) is 15.4. The van der Waals surface area contributed by atoms with Gasteiger partial charge >= 0.3 is 4.87 Å². The molecule has 0 atom stereocenters. The molecule has 1 N–H and O–H groups in total. The number of thiazole rings is 1. The third-order valence-corrected chi connectivity index (χ3v) is 8.44. The molecule has 4 rings (SSSR count). The van der Waals surface area contributed by atoms with Crippen LogP contribution in [-0.2, 0) is 21.9 Å². The van der Waals surface area contributed by atoms with Gasteiger partial charge in [0.25, 0.3) is 10.0 Å². The zero-order valence-corrected chi connectivity index (χ0v) is 21.9. The summed E-state index contributed by atoms with van der Waals surface area (Å²) in [5.74, 6) is 0.0247. The molecule has 4 aromatic rings. The van der Waals surface area contributed by atoms with E-state index in [2.05, 4.69) is 5.32 Å². The second-order valence-electron chi connectivity index (χ2n) is 7.66. The van der Waals surface area contributed by atoms with E-state index in [-0.39, 0.29) is 21.2 Å². The van der Waals surface area contributed by atoms with Crippen LogP contribution in [0.2, 0.25) is 5.02 Å². The fourth-order valence-corrected chi connectivity index (χ4v) is 6.05.